The quantitative estimate of drug-likeness (QED) is 0.689. The minimum Gasteiger partial charge on any atom is -0.493 e. The summed E-state index contributed by atoms with van der Waals surface area (Å²) in [5, 5.41) is 2.84. The number of aryl methyl sites for hydroxylation is 2. The molecule has 0 radical (unpaired) electrons. The van der Waals surface area contributed by atoms with Crippen molar-refractivity contribution in [1.82, 2.24) is 10.0 Å². The van der Waals surface area contributed by atoms with Gasteiger partial charge in [0.1, 0.15) is 5.75 Å². The number of benzene rings is 2. The Morgan fingerprint density at radius 2 is 1.70 bits per heavy atom. The zero-order valence-electron chi connectivity index (χ0n) is 15.9. The van der Waals surface area contributed by atoms with Crippen LogP contribution in [0.5, 0.6) is 5.75 Å². The lowest BCUT2D eigenvalue weighted by Crippen LogP contribution is -2.24. The molecule has 0 saturated carbocycles. The first kappa shape index (κ1) is 20.9. The minimum atomic E-state index is -3.28. The summed E-state index contributed by atoms with van der Waals surface area (Å²) in [6.45, 7) is 4.71. The zero-order valence-corrected chi connectivity index (χ0v) is 16.7. The van der Waals surface area contributed by atoms with Gasteiger partial charge in [-0.3, -0.25) is 4.79 Å². The van der Waals surface area contributed by atoms with Crippen LogP contribution in [0, 0.1) is 13.8 Å². The van der Waals surface area contributed by atoms with Crippen molar-refractivity contribution in [2.24, 2.45) is 0 Å². The summed E-state index contributed by atoms with van der Waals surface area (Å²) in [7, 11) is -1.89. The van der Waals surface area contributed by atoms with Gasteiger partial charge in [0.05, 0.1) is 18.8 Å². The molecular formula is C20H26N2O4S. The van der Waals surface area contributed by atoms with Gasteiger partial charge in [-0.2, -0.15) is 0 Å². The Hall–Kier alpha value is -2.38. The van der Waals surface area contributed by atoms with Crippen LogP contribution in [0.15, 0.2) is 42.5 Å². The maximum atomic E-state index is 12.0. The van der Waals surface area contributed by atoms with Crippen LogP contribution in [-0.2, 0) is 27.1 Å². The smallest absolute Gasteiger partial charge is 0.223 e. The molecule has 0 fully saturated rings. The second-order valence-electron chi connectivity index (χ2n) is 6.42. The molecule has 0 atom stereocenters. The number of amides is 1. The Labute approximate surface area is 161 Å². The molecule has 0 aliphatic heterocycles. The Bertz CT molecular complexity index is 877. The molecule has 0 bridgehead atoms. The molecular weight excluding hydrogens is 364 g/mol. The highest BCUT2D eigenvalue weighted by molar-refractivity contribution is 7.88. The number of hydrogen-bond acceptors (Lipinski definition) is 4. The van der Waals surface area contributed by atoms with E-state index in [9.17, 15) is 13.2 Å². The van der Waals surface area contributed by atoms with E-state index in [4.69, 9.17) is 4.74 Å². The number of ether oxygens (including phenoxy) is 1. The first-order valence-electron chi connectivity index (χ1n) is 8.75. The maximum Gasteiger partial charge on any atom is 0.223 e. The summed E-state index contributed by atoms with van der Waals surface area (Å²) >= 11 is 0. The lowest BCUT2D eigenvalue weighted by molar-refractivity contribution is -0.121. The van der Waals surface area contributed by atoms with Crippen LogP contribution in [-0.4, -0.2) is 28.0 Å². The van der Waals surface area contributed by atoms with Gasteiger partial charge in [0.2, 0.25) is 15.9 Å². The topological polar surface area (TPSA) is 84.5 Å². The van der Waals surface area contributed by atoms with E-state index in [2.05, 4.69) is 10.0 Å². The molecule has 0 aliphatic carbocycles. The van der Waals surface area contributed by atoms with E-state index in [0.29, 0.717) is 18.7 Å². The van der Waals surface area contributed by atoms with Gasteiger partial charge in [-0.25, -0.2) is 13.1 Å². The summed E-state index contributed by atoms with van der Waals surface area (Å²) in [6.07, 6.45) is 0.270. The van der Waals surface area contributed by atoms with Crippen molar-refractivity contribution in [1.29, 1.82) is 0 Å². The van der Waals surface area contributed by atoms with E-state index in [0.717, 1.165) is 16.9 Å². The number of rotatable bonds is 9. The second-order valence-corrected chi connectivity index (χ2v) is 8.35. The van der Waals surface area contributed by atoms with Crippen LogP contribution in [0.3, 0.4) is 0 Å². The highest BCUT2D eigenvalue weighted by Gasteiger charge is 2.08. The molecule has 0 unspecified atom stereocenters. The van der Waals surface area contributed by atoms with Crippen molar-refractivity contribution < 1.29 is 17.9 Å². The Kier molecular flexibility index (Phi) is 7.38. The molecule has 0 spiro atoms. The SMILES string of the molecule is CNS(=O)(=O)Cc1ccc(CNC(=O)CCOc2ccc(C)cc2C)cc1. The summed E-state index contributed by atoms with van der Waals surface area (Å²) in [5.74, 6) is 0.633. The molecule has 0 saturated heterocycles. The van der Waals surface area contributed by atoms with E-state index in [1.54, 1.807) is 12.1 Å². The number of nitrogens with one attached hydrogen (secondary N) is 2. The number of carbonyl (C=O) groups is 1. The lowest BCUT2D eigenvalue weighted by Gasteiger charge is -2.10. The molecule has 2 aromatic rings. The third kappa shape index (κ3) is 7.03. The Morgan fingerprint density at radius 3 is 2.33 bits per heavy atom. The summed E-state index contributed by atoms with van der Waals surface area (Å²) in [5.41, 5.74) is 3.83. The largest absolute Gasteiger partial charge is 0.493 e. The van der Waals surface area contributed by atoms with Crippen molar-refractivity contribution in [3.63, 3.8) is 0 Å². The predicted octanol–water partition coefficient (Wildman–Crippen LogP) is 2.44. The maximum absolute atomic E-state index is 12.0. The van der Waals surface area contributed by atoms with Gasteiger partial charge in [-0.1, -0.05) is 42.0 Å². The van der Waals surface area contributed by atoms with Crippen LogP contribution in [0.1, 0.15) is 28.7 Å². The van der Waals surface area contributed by atoms with Gasteiger partial charge >= 0.3 is 0 Å². The summed E-state index contributed by atoms with van der Waals surface area (Å²) in [4.78, 5) is 12.0. The Morgan fingerprint density at radius 1 is 1.04 bits per heavy atom. The van der Waals surface area contributed by atoms with Crippen molar-refractivity contribution in [3.8, 4) is 5.75 Å². The van der Waals surface area contributed by atoms with Crippen LogP contribution in [0.2, 0.25) is 0 Å². The number of carbonyl (C=O) groups excluding carboxylic acids is 1. The van der Waals surface area contributed by atoms with Crippen molar-refractivity contribution in [3.05, 3.63) is 64.7 Å². The normalized spacial score (nSPS) is 11.2. The van der Waals surface area contributed by atoms with E-state index < -0.39 is 10.0 Å². The zero-order chi connectivity index (χ0) is 19.9. The number of hydrogen-bond donors (Lipinski definition) is 2. The molecule has 0 aliphatic rings. The molecule has 27 heavy (non-hydrogen) atoms. The predicted molar refractivity (Wildman–Crippen MR) is 106 cm³/mol. The second kappa shape index (κ2) is 9.53. The van der Waals surface area contributed by atoms with Crippen LogP contribution in [0.25, 0.3) is 0 Å². The molecule has 2 aromatic carbocycles. The Balaban J connectivity index is 1.75. The average molecular weight is 391 g/mol. The third-order valence-corrected chi connectivity index (χ3v) is 5.43. The van der Waals surface area contributed by atoms with Crippen LogP contribution >= 0.6 is 0 Å². The summed E-state index contributed by atoms with van der Waals surface area (Å²) in [6, 6.07) is 13.1. The summed E-state index contributed by atoms with van der Waals surface area (Å²) < 4.78 is 31.0. The fourth-order valence-electron chi connectivity index (χ4n) is 2.55. The highest BCUT2D eigenvalue weighted by Crippen LogP contribution is 2.18. The van der Waals surface area contributed by atoms with E-state index in [1.165, 1.54) is 12.6 Å². The van der Waals surface area contributed by atoms with Crippen molar-refractivity contribution >= 4 is 15.9 Å². The van der Waals surface area contributed by atoms with Gasteiger partial charge < -0.3 is 10.1 Å². The van der Waals surface area contributed by atoms with E-state index in [1.807, 2.05) is 44.2 Å². The lowest BCUT2D eigenvalue weighted by atomic mass is 10.1. The highest BCUT2D eigenvalue weighted by atomic mass is 32.2. The van der Waals surface area contributed by atoms with Gasteiger partial charge in [0, 0.05) is 6.54 Å². The van der Waals surface area contributed by atoms with E-state index in [-0.39, 0.29) is 18.1 Å². The third-order valence-electron chi connectivity index (χ3n) is 4.10. The van der Waals surface area contributed by atoms with Gasteiger partial charge in [-0.05, 0) is 43.7 Å². The molecule has 6 nitrogen and oxygen atoms in total. The van der Waals surface area contributed by atoms with Crippen LogP contribution in [0.4, 0.5) is 0 Å². The minimum absolute atomic E-state index is 0.0636. The van der Waals surface area contributed by atoms with Gasteiger partial charge in [-0.15, -0.1) is 0 Å². The molecule has 7 heteroatoms. The molecule has 2 rings (SSSR count). The van der Waals surface area contributed by atoms with Crippen molar-refractivity contribution in [2.75, 3.05) is 13.7 Å². The molecule has 0 aromatic heterocycles. The number of sulfonamides is 1. The first-order valence-corrected chi connectivity index (χ1v) is 10.4. The monoisotopic (exact) mass is 390 g/mol. The van der Waals surface area contributed by atoms with E-state index >= 15 is 0 Å². The van der Waals surface area contributed by atoms with Gasteiger partial charge in [0.25, 0.3) is 0 Å². The fraction of sp³-hybridized carbons (Fsp3) is 0.350. The van der Waals surface area contributed by atoms with Crippen LogP contribution < -0.4 is 14.8 Å². The first-order chi connectivity index (χ1) is 12.8. The molecule has 2 N–H and O–H groups in total. The fourth-order valence-corrected chi connectivity index (χ4v) is 3.32. The average Bonchev–Trinajstić information content (AvgIpc) is 2.63. The standard InChI is InChI=1S/C20H26N2O4S/c1-15-4-9-19(16(2)12-15)26-11-10-20(23)22-13-17-5-7-18(8-6-17)14-27(24,25)21-3/h4-9,12,21H,10-11,13-14H2,1-3H3,(H,22,23). The molecule has 1 amide bonds. The van der Waals surface area contributed by atoms with Gasteiger partial charge in [0.15, 0.2) is 0 Å². The van der Waals surface area contributed by atoms with Crippen molar-refractivity contribution in [2.45, 2.75) is 32.6 Å². The molecule has 146 valence electrons. The molecule has 0 heterocycles.